The Bertz CT molecular complexity index is 749. The summed E-state index contributed by atoms with van der Waals surface area (Å²) in [4.78, 5) is 15.9. The molecule has 3 aromatic rings. The number of fused-ring (bicyclic) bond motifs is 1. The number of hydrogen-bond donors (Lipinski definition) is 2. The van der Waals surface area contributed by atoms with Gasteiger partial charge in [-0.15, -0.1) is 11.3 Å². The molecule has 21 heavy (non-hydrogen) atoms. The maximum atomic E-state index is 13.1. The van der Waals surface area contributed by atoms with Crippen LogP contribution in [0.15, 0.2) is 41.9 Å². The predicted octanol–water partition coefficient (Wildman–Crippen LogP) is 3.27. The summed E-state index contributed by atoms with van der Waals surface area (Å²) < 4.78 is 13.1. The van der Waals surface area contributed by atoms with Crippen LogP contribution in [0.2, 0.25) is 0 Å². The summed E-state index contributed by atoms with van der Waals surface area (Å²) in [5.74, 6) is -0.219. The van der Waals surface area contributed by atoms with Gasteiger partial charge in [0, 0.05) is 28.5 Å². The molecule has 3 nitrogen and oxygen atoms in total. The lowest BCUT2D eigenvalue weighted by atomic mass is 10.1. The average Bonchev–Trinajstić information content (AvgIpc) is 3.08. The highest BCUT2D eigenvalue weighted by atomic mass is 32.1. The minimum atomic E-state index is -0.250. The standard InChI is InChI=1S/C16H15FN2OS/c17-12-3-4-14-11(10-19-15(14)8-12)5-6-18-16(20)9-13-2-1-7-21-13/h1-4,7-8,10,19H,5-6,9H2,(H,18,20). The van der Waals surface area contributed by atoms with Gasteiger partial charge in [-0.25, -0.2) is 4.39 Å². The molecule has 0 radical (unpaired) electrons. The normalized spacial score (nSPS) is 10.9. The number of amides is 1. The number of halogens is 1. The second-order valence-corrected chi connectivity index (χ2v) is 5.89. The summed E-state index contributed by atoms with van der Waals surface area (Å²) in [7, 11) is 0. The molecule has 0 bridgehead atoms. The highest BCUT2D eigenvalue weighted by molar-refractivity contribution is 7.10. The molecule has 2 aromatic heterocycles. The number of aromatic nitrogens is 1. The van der Waals surface area contributed by atoms with Crippen LogP contribution in [0, 0.1) is 5.82 Å². The van der Waals surface area contributed by atoms with Gasteiger partial charge in [0.05, 0.1) is 6.42 Å². The third-order valence-corrected chi connectivity index (χ3v) is 4.24. The van der Waals surface area contributed by atoms with Gasteiger partial charge in [-0.2, -0.15) is 0 Å². The molecule has 108 valence electrons. The number of H-pyrrole nitrogens is 1. The number of nitrogens with one attached hydrogen (secondary N) is 2. The van der Waals surface area contributed by atoms with Gasteiger partial charge < -0.3 is 10.3 Å². The molecule has 0 fully saturated rings. The van der Waals surface area contributed by atoms with E-state index >= 15 is 0 Å². The second-order valence-electron chi connectivity index (χ2n) is 4.86. The van der Waals surface area contributed by atoms with Crippen LogP contribution in [0.3, 0.4) is 0 Å². The highest BCUT2D eigenvalue weighted by Gasteiger charge is 2.07. The Hall–Kier alpha value is -2.14. The van der Waals surface area contributed by atoms with E-state index in [9.17, 15) is 9.18 Å². The van der Waals surface area contributed by atoms with E-state index < -0.39 is 0 Å². The topological polar surface area (TPSA) is 44.9 Å². The summed E-state index contributed by atoms with van der Waals surface area (Å²) in [6.45, 7) is 0.578. The number of carbonyl (C=O) groups excluding carboxylic acids is 1. The van der Waals surface area contributed by atoms with Crippen molar-refractivity contribution in [2.24, 2.45) is 0 Å². The quantitative estimate of drug-likeness (QED) is 0.746. The van der Waals surface area contributed by atoms with Crippen LogP contribution in [-0.4, -0.2) is 17.4 Å². The third-order valence-electron chi connectivity index (χ3n) is 3.36. The Morgan fingerprint density at radius 2 is 2.24 bits per heavy atom. The first-order valence-electron chi connectivity index (χ1n) is 6.77. The summed E-state index contributed by atoms with van der Waals surface area (Å²) in [5.41, 5.74) is 1.87. The minimum absolute atomic E-state index is 0.0309. The Morgan fingerprint density at radius 3 is 3.05 bits per heavy atom. The molecule has 2 N–H and O–H groups in total. The van der Waals surface area contributed by atoms with Gasteiger partial charge in [0.15, 0.2) is 0 Å². The molecular weight excluding hydrogens is 287 g/mol. The van der Waals surface area contributed by atoms with Crippen molar-refractivity contribution in [3.63, 3.8) is 0 Å². The molecule has 2 heterocycles. The molecule has 0 spiro atoms. The van der Waals surface area contributed by atoms with Crippen molar-refractivity contribution < 1.29 is 9.18 Å². The fourth-order valence-corrected chi connectivity index (χ4v) is 3.04. The molecule has 0 atom stereocenters. The van der Waals surface area contributed by atoms with Gasteiger partial charge in [0.25, 0.3) is 0 Å². The summed E-state index contributed by atoms with van der Waals surface area (Å²) >= 11 is 1.58. The molecule has 0 saturated heterocycles. The second kappa shape index (κ2) is 6.10. The zero-order valence-electron chi connectivity index (χ0n) is 11.4. The Morgan fingerprint density at radius 1 is 1.33 bits per heavy atom. The fraction of sp³-hybridized carbons (Fsp3) is 0.188. The maximum Gasteiger partial charge on any atom is 0.225 e. The smallest absolute Gasteiger partial charge is 0.225 e. The van der Waals surface area contributed by atoms with Crippen LogP contribution in [0.1, 0.15) is 10.4 Å². The van der Waals surface area contributed by atoms with Crippen LogP contribution >= 0.6 is 11.3 Å². The molecule has 0 unspecified atom stereocenters. The van der Waals surface area contributed by atoms with Gasteiger partial charge in [0.1, 0.15) is 5.82 Å². The van der Waals surface area contributed by atoms with Gasteiger partial charge in [0.2, 0.25) is 5.91 Å². The first-order chi connectivity index (χ1) is 10.2. The van der Waals surface area contributed by atoms with E-state index in [1.165, 1.54) is 12.1 Å². The first kappa shape index (κ1) is 13.8. The SMILES string of the molecule is O=C(Cc1cccs1)NCCc1c[nH]c2cc(F)ccc12. The molecule has 0 aliphatic carbocycles. The van der Waals surface area contributed by atoms with Crippen molar-refractivity contribution in [1.82, 2.24) is 10.3 Å². The van der Waals surface area contributed by atoms with E-state index in [0.717, 1.165) is 27.8 Å². The molecular formula is C16H15FN2OS. The fourth-order valence-electron chi connectivity index (χ4n) is 2.34. The number of thiophene rings is 1. The number of rotatable bonds is 5. The average molecular weight is 302 g/mol. The molecule has 0 aliphatic heterocycles. The van der Waals surface area contributed by atoms with Crippen molar-refractivity contribution in [1.29, 1.82) is 0 Å². The van der Waals surface area contributed by atoms with Crippen molar-refractivity contribution >= 4 is 28.1 Å². The van der Waals surface area contributed by atoms with Crippen molar-refractivity contribution in [3.8, 4) is 0 Å². The van der Waals surface area contributed by atoms with E-state index in [1.54, 1.807) is 17.4 Å². The Labute approximate surface area is 125 Å². The Kier molecular flexibility index (Phi) is 4.01. The summed E-state index contributed by atoms with van der Waals surface area (Å²) in [5, 5.41) is 5.88. The number of benzene rings is 1. The van der Waals surface area contributed by atoms with Crippen LogP contribution in [0.25, 0.3) is 10.9 Å². The van der Waals surface area contributed by atoms with Crippen molar-refractivity contribution in [2.45, 2.75) is 12.8 Å². The highest BCUT2D eigenvalue weighted by Crippen LogP contribution is 2.19. The number of hydrogen-bond acceptors (Lipinski definition) is 2. The molecule has 3 rings (SSSR count). The monoisotopic (exact) mass is 302 g/mol. The maximum absolute atomic E-state index is 13.1. The Balaban J connectivity index is 1.56. The van der Waals surface area contributed by atoms with Gasteiger partial charge in [-0.3, -0.25) is 4.79 Å². The minimum Gasteiger partial charge on any atom is -0.361 e. The lowest BCUT2D eigenvalue weighted by Crippen LogP contribution is -2.26. The first-order valence-corrected chi connectivity index (χ1v) is 7.65. The van der Waals surface area contributed by atoms with E-state index in [1.807, 2.05) is 23.7 Å². The van der Waals surface area contributed by atoms with Crippen LogP contribution in [0.4, 0.5) is 4.39 Å². The van der Waals surface area contributed by atoms with E-state index in [2.05, 4.69) is 10.3 Å². The lowest BCUT2D eigenvalue weighted by Gasteiger charge is -2.04. The largest absolute Gasteiger partial charge is 0.361 e. The third kappa shape index (κ3) is 3.31. The van der Waals surface area contributed by atoms with Crippen LogP contribution in [0.5, 0.6) is 0 Å². The molecule has 5 heteroatoms. The van der Waals surface area contributed by atoms with E-state index in [-0.39, 0.29) is 11.7 Å². The van der Waals surface area contributed by atoms with Crippen LogP contribution in [-0.2, 0) is 17.6 Å². The van der Waals surface area contributed by atoms with Crippen LogP contribution < -0.4 is 5.32 Å². The number of carbonyl (C=O) groups is 1. The lowest BCUT2D eigenvalue weighted by molar-refractivity contribution is -0.120. The van der Waals surface area contributed by atoms with Crippen molar-refractivity contribution in [2.75, 3.05) is 6.54 Å². The molecule has 1 amide bonds. The van der Waals surface area contributed by atoms with E-state index in [4.69, 9.17) is 0 Å². The zero-order chi connectivity index (χ0) is 14.7. The number of aromatic amines is 1. The molecule has 1 aromatic carbocycles. The summed E-state index contributed by atoms with van der Waals surface area (Å²) in [6.07, 6.45) is 3.02. The van der Waals surface area contributed by atoms with E-state index in [0.29, 0.717) is 13.0 Å². The summed E-state index contributed by atoms with van der Waals surface area (Å²) in [6, 6.07) is 8.60. The zero-order valence-corrected chi connectivity index (χ0v) is 12.2. The van der Waals surface area contributed by atoms with Gasteiger partial charge in [-0.1, -0.05) is 6.07 Å². The predicted molar refractivity (Wildman–Crippen MR) is 83.0 cm³/mol. The molecule has 0 saturated carbocycles. The van der Waals surface area contributed by atoms with Gasteiger partial charge >= 0.3 is 0 Å². The van der Waals surface area contributed by atoms with Crippen molar-refractivity contribution in [3.05, 3.63) is 58.2 Å². The molecule has 0 aliphatic rings. The van der Waals surface area contributed by atoms with Gasteiger partial charge in [-0.05, 0) is 41.6 Å².